The van der Waals surface area contributed by atoms with Crippen LogP contribution in [0.15, 0.2) is 73.2 Å². The minimum Gasteiger partial charge on any atom is -0.496 e. The van der Waals surface area contributed by atoms with E-state index in [1.165, 1.54) is 0 Å². The predicted octanol–water partition coefficient (Wildman–Crippen LogP) is 4.23. The average Bonchev–Trinajstić information content (AvgIpc) is 3.19. The summed E-state index contributed by atoms with van der Waals surface area (Å²) < 4.78 is 7.50. The monoisotopic (exact) mass is 420 g/mol. The number of nitrogens with zero attached hydrogens (tertiary/aromatic N) is 3. The van der Waals surface area contributed by atoms with Crippen molar-refractivity contribution in [3.63, 3.8) is 0 Å². The maximum atomic E-state index is 12.9. The first kappa shape index (κ1) is 19.9. The van der Waals surface area contributed by atoms with E-state index in [0.717, 1.165) is 28.3 Å². The van der Waals surface area contributed by atoms with Crippen molar-refractivity contribution in [3.8, 4) is 5.75 Å². The van der Waals surface area contributed by atoms with Gasteiger partial charge in [0.2, 0.25) is 5.91 Å². The van der Waals surface area contributed by atoms with Gasteiger partial charge in [0.15, 0.2) is 0 Å². The van der Waals surface area contributed by atoms with Gasteiger partial charge in [-0.25, -0.2) is 4.98 Å². The van der Waals surface area contributed by atoms with E-state index in [2.05, 4.69) is 15.3 Å². The molecular formula is C23H21ClN4O2. The smallest absolute Gasteiger partial charge is 0.221 e. The van der Waals surface area contributed by atoms with Crippen LogP contribution in [0.2, 0.25) is 5.02 Å². The van der Waals surface area contributed by atoms with Crippen LogP contribution >= 0.6 is 11.6 Å². The van der Waals surface area contributed by atoms with E-state index >= 15 is 0 Å². The Balaban J connectivity index is 1.67. The number of carbonyl (C=O) groups is 1. The van der Waals surface area contributed by atoms with Gasteiger partial charge in [-0.3, -0.25) is 9.78 Å². The van der Waals surface area contributed by atoms with E-state index in [9.17, 15) is 4.79 Å². The van der Waals surface area contributed by atoms with Crippen molar-refractivity contribution in [2.75, 3.05) is 7.11 Å². The third-order valence-electron chi connectivity index (χ3n) is 4.95. The van der Waals surface area contributed by atoms with Gasteiger partial charge < -0.3 is 14.5 Å². The van der Waals surface area contributed by atoms with Gasteiger partial charge in [-0.05, 0) is 30.3 Å². The second kappa shape index (κ2) is 8.97. The molecule has 3 aromatic heterocycles. The average molecular weight is 421 g/mol. The highest BCUT2D eigenvalue weighted by atomic mass is 35.5. The van der Waals surface area contributed by atoms with E-state index in [4.69, 9.17) is 16.3 Å². The highest BCUT2D eigenvalue weighted by Crippen LogP contribution is 2.35. The molecular weight excluding hydrogens is 400 g/mol. The lowest BCUT2D eigenvalue weighted by Gasteiger charge is -2.20. The van der Waals surface area contributed by atoms with Crippen LogP contribution in [-0.2, 0) is 11.3 Å². The van der Waals surface area contributed by atoms with Crippen LogP contribution in [0.4, 0.5) is 0 Å². The van der Waals surface area contributed by atoms with Crippen LogP contribution in [0.3, 0.4) is 0 Å². The van der Waals surface area contributed by atoms with Crippen LogP contribution < -0.4 is 10.1 Å². The second-order valence-corrected chi connectivity index (χ2v) is 7.29. The van der Waals surface area contributed by atoms with Crippen molar-refractivity contribution in [2.45, 2.75) is 18.9 Å². The fourth-order valence-corrected chi connectivity index (χ4v) is 3.67. The van der Waals surface area contributed by atoms with Gasteiger partial charge in [-0.1, -0.05) is 35.9 Å². The highest BCUT2D eigenvalue weighted by Gasteiger charge is 2.24. The van der Waals surface area contributed by atoms with E-state index in [1.807, 2.05) is 59.1 Å². The number of rotatable bonds is 7. The molecule has 3 heterocycles. The van der Waals surface area contributed by atoms with Crippen molar-refractivity contribution in [2.24, 2.45) is 0 Å². The molecule has 0 fully saturated rings. The minimum atomic E-state index is -0.265. The number of methoxy groups -OCH3 is 1. The van der Waals surface area contributed by atoms with E-state index in [1.54, 1.807) is 25.6 Å². The van der Waals surface area contributed by atoms with Gasteiger partial charge in [-0.15, -0.1) is 0 Å². The quantitative estimate of drug-likeness (QED) is 0.485. The summed E-state index contributed by atoms with van der Waals surface area (Å²) in [5.74, 6) is 0.365. The molecule has 0 aliphatic heterocycles. The molecule has 7 heteroatoms. The van der Waals surface area contributed by atoms with Gasteiger partial charge in [0.25, 0.3) is 0 Å². The standard InChI is InChI=1S/C23H21ClN4O2/c1-30-21-8-3-2-7-18(21)19(12-23(29)27-13-17-6-4-5-11-25-17)20-14-26-22-10-9-16(24)15-28(20)22/h2-11,14-15,19H,12-13H2,1H3,(H,27,29). The Kier molecular flexibility index (Phi) is 5.95. The first-order valence-corrected chi connectivity index (χ1v) is 9.95. The largest absolute Gasteiger partial charge is 0.496 e. The van der Waals surface area contributed by atoms with Gasteiger partial charge in [0.1, 0.15) is 11.4 Å². The van der Waals surface area contributed by atoms with Crippen molar-refractivity contribution in [3.05, 3.63) is 95.2 Å². The molecule has 1 unspecified atom stereocenters. The van der Waals surface area contributed by atoms with Crippen LogP contribution in [0.25, 0.3) is 5.65 Å². The van der Waals surface area contributed by atoms with Crippen molar-refractivity contribution < 1.29 is 9.53 Å². The lowest BCUT2D eigenvalue weighted by atomic mass is 9.91. The summed E-state index contributed by atoms with van der Waals surface area (Å²) in [6.07, 6.45) is 5.54. The number of hydrogen-bond donors (Lipinski definition) is 1. The molecule has 0 aliphatic carbocycles. The molecule has 0 aliphatic rings. The molecule has 4 rings (SSSR count). The highest BCUT2D eigenvalue weighted by molar-refractivity contribution is 6.30. The van der Waals surface area contributed by atoms with Crippen molar-refractivity contribution >= 4 is 23.2 Å². The van der Waals surface area contributed by atoms with E-state index < -0.39 is 0 Å². The predicted molar refractivity (Wildman–Crippen MR) is 116 cm³/mol. The Bertz CT molecular complexity index is 1160. The maximum absolute atomic E-state index is 12.9. The number of benzene rings is 1. The molecule has 0 radical (unpaired) electrons. The molecule has 1 N–H and O–H groups in total. The molecule has 0 spiro atoms. The number of ether oxygens (including phenoxy) is 1. The number of pyridine rings is 2. The molecule has 152 valence electrons. The van der Waals surface area contributed by atoms with Crippen LogP contribution in [0.5, 0.6) is 5.75 Å². The fraction of sp³-hybridized carbons (Fsp3) is 0.174. The van der Waals surface area contributed by atoms with E-state index in [0.29, 0.717) is 11.6 Å². The number of fused-ring (bicyclic) bond motifs is 1. The molecule has 0 saturated heterocycles. The summed E-state index contributed by atoms with van der Waals surface area (Å²) in [4.78, 5) is 21.6. The Morgan fingerprint density at radius 1 is 1.13 bits per heavy atom. The molecule has 1 atom stereocenters. The molecule has 1 aromatic carbocycles. The SMILES string of the molecule is COc1ccccc1C(CC(=O)NCc1ccccn1)c1cnc2ccc(Cl)cn12. The van der Waals surface area contributed by atoms with Crippen LogP contribution in [0.1, 0.15) is 29.3 Å². The molecule has 0 bridgehead atoms. The fourth-order valence-electron chi connectivity index (χ4n) is 3.51. The molecule has 30 heavy (non-hydrogen) atoms. The summed E-state index contributed by atoms with van der Waals surface area (Å²) in [6, 6.07) is 17.0. The normalized spacial score (nSPS) is 11.9. The van der Waals surface area contributed by atoms with Gasteiger partial charge in [-0.2, -0.15) is 0 Å². The second-order valence-electron chi connectivity index (χ2n) is 6.86. The number of para-hydroxylation sites is 1. The summed E-state index contributed by atoms with van der Waals surface area (Å²) in [5.41, 5.74) is 3.35. The molecule has 4 aromatic rings. The number of nitrogens with one attached hydrogen (secondary N) is 1. The number of hydrogen-bond acceptors (Lipinski definition) is 4. The number of amides is 1. The Hall–Kier alpha value is -3.38. The summed E-state index contributed by atoms with van der Waals surface area (Å²) in [7, 11) is 1.63. The number of aromatic nitrogens is 3. The van der Waals surface area contributed by atoms with Crippen LogP contribution in [-0.4, -0.2) is 27.4 Å². The van der Waals surface area contributed by atoms with E-state index in [-0.39, 0.29) is 18.2 Å². The van der Waals surface area contributed by atoms with Gasteiger partial charge in [0.05, 0.1) is 30.1 Å². The first-order valence-electron chi connectivity index (χ1n) is 9.57. The van der Waals surface area contributed by atoms with Gasteiger partial charge in [0, 0.05) is 36.5 Å². The number of imidazole rings is 1. The zero-order chi connectivity index (χ0) is 20.9. The zero-order valence-corrected chi connectivity index (χ0v) is 17.2. The molecule has 6 nitrogen and oxygen atoms in total. The van der Waals surface area contributed by atoms with Gasteiger partial charge >= 0.3 is 0 Å². The molecule has 1 amide bonds. The summed E-state index contributed by atoms with van der Waals surface area (Å²) in [6.45, 7) is 0.372. The number of halogens is 1. The lowest BCUT2D eigenvalue weighted by molar-refractivity contribution is -0.121. The maximum Gasteiger partial charge on any atom is 0.221 e. The molecule has 0 saturated carbocycles. The minimum absolute atomic E-state index is 0.0893. The third kappa shape index (κ3) is 4.28. The van der Waals surface area contributed by atoms with Crippen molar-refractivity contribution in [1.29, 1.82) is 0 Å². The zero-order valence-electron chi connectivity index (χ0n) is 16.5. The lowest BCUT2D eigenvalue weighted by Crippen LogP contribution is -2.25. The summed E-state index contributed by atoms with van der Waals surface area (Å²) >= 11 is 6.22. The Morgan fingerprint density at radius 2 is 1.97 bits per heavy atom. The van der Waals surface area contributed by atoms with Crippen LogP contribution in [0, 0.1) is 0 Å². The Labute approximate surface area is 179 Å². The Morgan fingerprint density at radius 3 is 2.77 bits per heavy atom. The topological polar surface area (TPSA) is 68.5 Å². The third-order valence-corrected chi connectivity index (χ3v) is 5.18. The van der Waals surface area contributed by atoms with Crippen molar-refractivity contribution in [1.82, 2.24) is 19.7 Å². The first-order chi connectivity index (χ1) is 14.7. The number of carbonyl (C=O) groups excluding carboxylic acids is 1. The summed E-state index contributed by atoms with van der Waals surface area (Å²) in [5, 5.41) is 3.56.